The van der Waals surface area contributed by atoms with E-state index in [4.69, 9.17) is 0 Å². The van der Waals surface area contributed by atoms with Crippen molar-refractivity contribution in [2.24, 2.45) is 0 Å². The molecule has 0 saturated heterocycles. The average molecular weight is 279 g/mol. The van der Waals surface area contributed by atoms with Crippen LogP contribution in [0.1, 0.15) is 46.5 Å². The first-order valence-corrected chi connectivity index (χ1v) is 8.15. The third-order valence-electron chi connectivity index (χ3n) is 3.08. The van der Waals surface area contributed by atoms with Crippen molar-refractivity contribution in [3.63, 3.8) is 0 Å². The van der Waals surface area contributed by atoms with Gasteiger partial charge in [-0.25, -0.2) is 0 Å². The fourth-order valence-electron chi connectivity index (χ4n) is 2.02. The van der Waals surface area contributed by atoms with Crippen molar-refractivity contribution in [3.8, 4) is 0 Å². The lowest BCUT2D eigenvalue weighted by Gasteiger charge is -2.13. The number of hydrogen-bond acceptors (Lipinski definition) is 2. The van der Waals surface area contributed by atoms with Gasteiger partial charge >= 0.3 is 0 Å². The molecule has 0 spiro atoms. The van der Waals surface area contributed by atoms with Crippen LogP contribution in [-0.2, 0) is 4.79 Å². The molecule has 1 atom stereocenters. The molecule has 0 fully saturated rings. The first kappa shape index (κ1) is 16.1. The summed E-state index contributed by atoms with van der Waals surface area (Å²) in [4.78, 5) is 13.3. The maximum atomic E-state index is 11.9. The second-order valence-electron chi connectivity index (χ2n) is 4.38. The number of nitrogens with one attached hydrogen (secondary N) is 1. The highest BCUT2D eigenvalue weighted by Crippen LogP contribution is 2.34. The molecule has 0 radical (unpaired) electrons. The monoisotopic (exact) mass is 279 g/mol. The van der Waals surface area contributed by atoms with Gasteiger partial charge in [-0.1, -0.05) is 50.6 Å². The van der Waals surface area contributed by atoms with Gasteiger partial charge in [-0.3, -0.25) is 4.79 Å². The van der Waals surface area contributed by atoms with Crippen LogP contribution in [0.25, 0.3) is 0 Å². The molecule has 2 nitrogen and oxygen atoms in total. The molecule has 19 heavy (non-hydrogen) atoms. The van der Waals surface area contributed by atoms with Gasteiger partial charge in [-0.2, -0.15) is 0 Å². The quantitative estimate of drug-likeness (QED) is 0.835. The lowest BCUT2D eigenvalue weighted by atomic mass is 10.1. The van der Waals surface area contributed by atoms with E-state index in [1.165, 1.54) is 10.5 Å². The van der Waals surface area contributed by atoms with Crippen molar-refractivity contribution in [3.05, 3.63) is 34.8 Å². The Labute approximate surface area is 121 Å². The molecule has 0 aromatic heterocycles. The molecule has 1 aliphatic heterocycles. The van der Waals surface area contributed by atoms with Gasteiger partial charge in [0.25, 0.3) is 0 Å². The summed E-state index contributed by atoms with van der Waals surface area (Å²) < 4.78 is 0. The fourth-order valence-corrected chi connectivity index (χ4v) is 3.13. The van der Waals surface area contributed by atoms with Crippen LogP contribution in [0.5, 0.6) is 0 Å². The largest absolute Gasteiger partial charge is 0.351 e. The SMILES string of the molecule is CC.CCC1=CCC(C(=O)NCC2=CC=CCC2)S1. The number of thioether (sulfide) groups is 1. The molecule has 2 aliphatic rings. The highest BCUT2D eigenvalue weighted by molar-refractivity contribution is 8.04. The molecular weight excluding hydrogens is 254 g/mol. The van der Waals surface area contributed by atoms with Crippen molar-refractivity contribution in [1.29, 1.82) is 0 Å². The van der Waals surface area contributed by atoms with Gasteiger partial charge in [0.15, 0.2) is 0 Å². The first-order chi connectivity index (χ1) is 9.29. The maximum Gasteiger partial charge on any atom is 0.234 e. The Balaban J connectivity index is 0.000000861. The third-order valence-corrected chi connectivity index (χ3v) is 4.53. The van der Waals surface area contributed by atoms with E-state index in [2.05, 4.69) is 36.5 Å². The Morgan fingerprint density at radius 3 is 2.84 bits per heavy atom. The predicted octanol–water partition coefficient (Wildman–Crippen LogP) is 4.20. The van der Waals surface area contributed by atoms with Gasteiger partial charge in [0.1, 0.15) is 0 Å². The van der Waals surface area contributed by atoms with Crippen molar-refractivity contribution >= 4 is 17.7 Å². The molecule has 3 heteroatoms. The summed E-state index contributed by atoms with van der Waals surface area (Å²) in [7, 11) is 0. The van der Waals surface area contributed by atoms with Crippen LogP contribution in [0.15, 0.2) is 34.8 Å². The van der Waals surface area contributed by atoms with Gasteiger partial charge in [0.05, 0.1) is 5.25 Å². The van der Waals surface area contributed by atoms with E-state index in [1.54, 1.807) is 11.8 Å². The lowest BCUT2D eigenvalue weighted by Crippen LogP contribution is -2.33. The van der Waals surface area contributed by atoms with E-state index in [-0.39, 0.29) is 11.2 Å². The Bertz CT molecular complexity index is 382. The number of carbonyl (C=O) groups is 1. The van der Waals surface area contributed by atoms with E-state index in [0.29, 0.717) is 6.54 Å². The predicted molar refractivity (Wildman–Crippen MR) is 85.2 cm³/mol. The minimum absolute atomic E-state index is 0.102. The Hall–Kier alpha value is -0.960. The van der Waals surface area contributed by atoms with Crippen LogP contribution in [0.2, 0.25) is 0 Å². The minimum atomic E-state index is 0.102. The zero-order valence-corrected chi connectivity index (χ0v) is 13.1. The standard InChI is InChI=1S/C14H19NOS.C2H6/c1-2-12-8-9-13(17-12)14(16)15-10-11-6-4-3-5-7-11;1-2/h3-4,6,8,13H,2,5,7,9-10H2,1H3,(H,15,16);1-2H3. The zero-order valence-electron chi connectivity index (χ0n) is 12.2. The molecular formula is C16H25NOS. The number of amides is 1. The van der Waals surface area contributed by atoms with Gasteiger partial charge in [0.2, 0.25) is 5.91 Å². The highest BCUT2D eigenvalue weighted by atomic mass is 32.2. The topological polar surface area (TPSA) is 29.1 Å². The molecule has 106 valence electrons. The van der Waals surface area contributed by atoms with Crippen molar-refractivity contribution in [2.75, 3.05) is 6.54 Å². The van der Waals surface area contributed by atoms with Gasteiger partial charge < -0.3 is 5.32 Å². The summed E-state index contributed by atoms with van der Waals surface area (Å²) >= 11 is 1.72. The summed E-state index contributed by atoms with van der Waals surface area (Å²) in [5.41, 5.74) is 1.33. The Morgan fingerprint density at radius 2 is 2.26 bits per heavy atom. The molecule has 1 N–H and O–H groups in total. The summed E-state index contributed by atoms with van der Waals surface area (Å²) in [5, 5.41) is 3.15. The average Bonchev–Trinajstić information content (AvgIpc) is 2.97. The summed E-state index contributed by atoms with van der Waals surface area (Å²) in [6, 6.07) is 0. The molecule has 0 aromatic rings. The van der Waals surface area contributed by atoms with Crippen LogP contribution in [0.3, 0.4) is 0 Å². The molecule has 1 unspecified atom stereocenters. The van der Waals surface area contributed by atoms with E-state index < -0.39 is 0 Å². The highest BCUT2D eigenvalue weighted by Gasteiger charge is 2.23. The lowest BCUT2D eigenvalue weighted by molar-refractivity contribution is -0.120. The zero-order chi connectivity index (χ0) is 14.1. The summed E-state index contributed by atoms with van der Waals surface area (Å²) in [5.74, 6) is 0.185. The Morgan fingerprint density at radius 1 is 1.47 bits per heavy atom. The molecule has 1 heterocycles. The van der Waals surface area contributed by atoms with Crippen LogP contribution >= 0.6 is 11.8 Å². The molecule has 0 aromatic carbocycles. The van der Waals surface area contributed by atoms with E-state index in [1.807, 2.05) is 13.8 Å². The van der Waals surface area contributed by atoms with E-state index >= 15 is 0 Å². The van der Waals surface area contributed by atoms with Crippen LogP contribution in [-0.4, -0.2) is 17.7 Å². The van der Waals surface area contributed by atoms with Crippen LogP contribution in [0, 0.1) is 0 Å². The fraction of sp³-hybridized carbons (Fsp3) is 0.562. The molecule has 1 aliphatic carbocycles. The van der Waals surface area contributed by atoms with Gasteiger partial charge in [0, 0.05) is 6.54 Å². The third kappa shape index (κ3) is 5.27. The molecule has 1 amide bonds. The van der Waals surface area contributed by atoms with Crippen molar-refractivity contribution in [1.82, 2.24) is 5.32 Å². The van der Waals surface area contributed by atoms with Crippen molar-refractivity contribution < 1.29 is 4.79 Å². The van der Waals surface area contributed by atoms with Crippen LogP contribution in [0.4, 0.5) is 0 Å². The number of carbonyl (C=O) groups excluding carboxylic acids is 1. The second kappa shape index (κ2) is 9.03. The molecule has 2 rings (SSSR count). The summed E-state index contributed by atoms with van der Waals surface area (Å²) in [6.07, 6.45) is 12.7. The maximum absolute atomic E-state index is 11.9. The molecule has 0 bridgehead atoms. The smallest absolute Gasteiger partial charge is 0.234 e. The number of hydrogen-bond donors (Lipinski definition) is 1. The number of allylic oxidation sites excluding steroid dienone is 5. The summed E-state index contributed by atoms with van der Waals surface area (Å²) in [6.45, 7) is 6.85. The second-order valence-corrected chi connectivity index (χ2v) is 5.70. The Kier molecular flexibility index (Phi) is 7.65. The van der Waals surface area contributed by atoms with Crippen molar-refractivity contribution in [2.45, 2.75) is 51.7 Å². The van der Waals surface area contributed by atoms with Gasteiger partial charge in [-0.05, 0) is 30.6 Å². The van der Waals surface area contributed by atoms with Crippen LogP contribution < -0.4 is 5.32 Å². The minimum Gasteiger partial charge on any atom is -0.351 e. The van der Waals surface area contributed by atoms with E-state index in [0.717, 1.165) is 25.7 Å². The normalized spacial score (nSPS) is 21.1. The molecule has 0 saturated carbocycles. The van der Waals surface area contributed by atoms with Gasteiger partial charge in [-0.15, -0.1) is 11.8 Å². The number of rotatable bonds is 4. The first-order valence-electron chi connectivity index (χ1n) is 7.27. The van der Waals surface area contributed by atoms with E-state index in [9.17, 15) is 4.79 Å².